The van der Waals surface area contributed by atoms with Crippen molar-refractivity contribution < 1.29 is 4.74 Å². The van der Waals surface area contributed by atoms with Gasteiger partial charge in [-0.1, -0.05) is 6.07 Å². The molecule has 1 saturated heterocycles. The van der Waals surface area contributed by atoms with Crippen LogP contribution in [0.25, 0.3) is 0 Å². The topological polar surface area (TPSA) is 15.7 Å². The van der Waals surface area contributed by atoms with Crippen LogP contribution in [0.4, 0.5) is 5.69 Å². The van der Waals surface area contributed by atoms with Crippen LogP contribution in [0, 0.1) is 0 Å². The first-order chi connectivity index (χ1) is 8.79. The van der Waals surface area contributed by atoms with Gasteiger partial charge in [-0.05, 0) is 45.0 Å². The third-order valence-corrected chi connectivity index (χ3v) is 4.40. The van der Waals surface area contributed by atoms with Gasteiger partial charge in [-0.3, -0.25) is 0 Å². The molecule has 0 saturated carbocycles. The average Bonchev–Trinajstić information content (AvgIpc) is 2.97. The van der Waals surface area contributed by atoms with E-state index in [0.29, 0.717) is 0 Å². The number of fused-ring (bicyclic) bond motifs is 1. The SMILES string of the molecule is COc1cccc2c1CCN2C[C@H]1CCCN1C. The average molecular weight is 246 g/mol. The first kappa shape index (κ1) is 11.8. The van der Waals surface area contributed by atoms with Crippen molar-refractivity contribution in [2.45, 2.75) is 25.3 Å². The van der Waals surface area contributed by atoms with Gasteiger partial charge in [0.1, 0.15) is 5.75 Å². The van der Waals surface area contributed by atoms with Crippen LogP contribution in [0.5, 0.6) is 5.75 Å². The summed E-state index contributed by atoms with van der Waals surface area (Å²) in [5.41, 5.74) is 2.77. The Morgan fingerprint density at radius 2 is 2.22 bits per heavy atom. The molecule has 0 spiro atoms. The van der Waals surface area contributed by atoms with E-state index in [1.165, 1.54) is 30.6 Å². The van der Waals surface area contributed by atoms with Crippen molar-refractivity contribution >= 4 is 5.69 Å². The molecule has 0 unspecified atom stereocenters. The maximum absolute atomic E-state index is 5.46. The lowest BCUT2D eigenvalue weighted by atomic mass is 10.1. The number of hydrogen-bond donors (Lipinski definition) is 0. The highest BCUT2D eigenvalue weighted by molar-refractivity contribution is 5.63. The zero-order valence-electron chi connectivity index (χ0n) is 11.4. The first-order valence-electron chi connectivity index (χ1n) is 6.90. The third-order valence-electron chi connectivity index (χ3n) is 4.40. The Bertz CT molecular complexity index is 433. The highest BCUT2D eigenvalue weighted by Gasteiger charge is 2.28. The molecule has 0 radical (unpaired) electrons. The Balaban J connectivity index is 1.78. The number of benzene rings is 1. The number of likely N-dealkylation sites (tertiary alicyclic amines) is 1. The van der Waals surface area contributed by atoms with Gasteiger partial charge in [0.15, 0.2) is 0 Å². The summed E-state index contributed by atoms with van der Waals surface area (Å²) >= 11 is 0. The predicted molar refractivity (Wildman–Crippen MR) is 74.6 cm³/mol. The Hall–Kier alpha value is -1.22. The molecule has 1 atom stereocenters. The Morgan fingerprint density at radius 3 is 2.94 bits per heavy atom. The van der Waals surface area contributed by atoms with Crippen LogP contribution in [-0.4, -0.2) is 44.7 Å². The fourth-order valence-electron chi connectivity index (χ4n) is 3.31. The Morgan fingerprint density at radius 1 is 1.33 bits per heavy atom. The van der Waals surface area contributed by atoms with Gasteiger partial charge in [-0.15, -0.1) is 0 Å². The van der Waals surface area contributed by atoms with Crippen molar-refractivity contribution in [3.63, 3.8) is 0 Å². The highest BCUT2D eigenvalue weighted by Crippen LogP contribution is 2.35. The second-order valence-corrected chi connectivity index (χ2v) is 5.43. The Labute approximate surface area is 109 Å². The van der Waals surface area contributed by atoms with Gasteiger partial charge >= 0.3 is 0 Å². The monoisotopic (exact) mass is 246 g/mol. The molecule has 3 heteroatoms. The van der Waals surface area contributed by atoms with Crippen molar-refractivity contribution in [2.75, 3.05) is 38.7 Å². The first-order valence-corrected chi connectivity index (χ1v) is 6.90. The standard InChI is InChI=1S/C15H22N2O/c1-16-9-4-5-12(16)11-17-10-8-13-14(17)6-3-7-15(13)18-2/h3,6-7,12H,4-5,8-11H2,1-2H3/t12-/m1/s1. The molecule has 98 valence electrons. The van der Waals surface area contributed by atoms with Crippen LogP contribution >= 0.6 is 0 Å². The molecule has 1 fully saturated rings. The van der Waals surface area contributed by atoms with E-state index in [2.05, 4.69) is 35.0 Å². The van der Waals surface area contributed by atoms with E-state index in [-0.39, 0.29) is 0 Å². The Kier molecular flexibility index (Phi) is 3.16. The summed E-state index contributed by atoms with van der Waals surface area (Å²) in [7, 11) is 4.02. The number of rotatable bonds is 3. The van der Waals surface area contributed by atoms with Gasteiger partial charge in [0.25, 0.3) is 0 Å². The van der Waals surface area contributed by atoms with Crippen LogP contribution in [0.1, 0.15) is 18.4 Å². The fraction of sp³-hybridized carbons (Fsp3) is 0.600. The highest BCUT2D eigenvalue weighted by atomic mass is 16.5. The van der Waals surface area contributed by atoms with Gasteiger partial charge in [-0.2, -0.15) is 0 Å². The van der Waals surface area contributed by atoms with Crippen LogP contribution in [0.3, 0.4) is 0 Å². The van der Waals surface area contributed by atoms with E-state index in [0.717, 1.165) is 31.3 Å². The van der Waals surface area contributed by atoms with Gasteiger partial charge in [0, 0.05) is 30.4 Å². The number of hydrogen-bond acceptors (Lipinski definition) is 3. The molecular weight excluding hydrogens is 224 g/mol. The van der Waals surface area contributed by atoms with Gasteiger partial charge < -0.3 is 14.5 Å². The molecule has 1 aromatic carbocycles. The molecule has 2 aliphatic heterocycles. The van der Waals surface area contributed by atoms with Crippen LogP contribution < -0.4 is 9.64 Å². The minimum Gasteiger partial charge on any atom is -0.496 e. The lowest BCUT2D eigenvalue weighted by Crippen LogP contribution is -2.37. The van der Waals surface area contributed by atoms with E-state index >= 15 is 0 Å². The number of methoxy groups -OCH3 is 1. The van der Waals surface area contributed by atoms with Crippen molar-refractivity contribution in [3.05, 3.63) is 23.8 Å². The number of anilines is 1. The molecule has 0 bridgehead atoms. The lowest BCUT2D eigenvalue weighted by molar-refractivity contribution is 0.313. The van der Waals surface area contributed by atoms with Gasteiger partial charge in [0.05, 0.1) is 7.11 Å². The fourth-order valence-corrected chi connectivity index (χ4v) is 3.31. The minimum atomic E-state index is 0.724. The zero-order valence-corrected chi connectivity index (χ0v) is 11.4. The number of nitrogens with zero attached hydrogens (tertiary/aromatic N) is 2. The van der Waals surface area contributed by atoms with Crippen molar-refractivity contribution in [1.82, 2.24) is 4.90 Å². The summed E-state index contributed by atoms with van der Waals surface area (Å²) in [4.78, 5) is 5.03. The maximum Gasteiger partial charge on any atom is 0.124 e. The third kappa shape index (κ3) is 1.97. The molecule has 0 amide bonds. The quantitative estimate of drug-likeness (QED) is 0.813. The summed E-state index contributed by atoms with van der Waals surface area (Å²) in [6.07, 6.45) is 3.81. The van der Waals surface area contributed by atoms with Crippen LogP contribution in [0.15, 0.2) is 18.2 Å². The summed E-state index contributed by atoms with van der Waals surface area (Å²) in [6.45, 7) is 3.56. The molecule has 0 aromatic heterocycles. The summed E-state index contributed by atoms with van der Waals surface area (Å²) in [5, 5.41) is 0. The number of ether oxygens (including phenoxy) is 1. The largest absolute Gasteiger partial charge is 0.496 e. The second-order valence-electron chi connectivity index (χ2n) is 5.43. The van der Waals surface area contributed by atoms with E-state index < -0.39 is 0 Å². The molecule has 2 heterocycles. The molecule has 3 rings (SSSR count). The minimum absolute atomic E-state index is 0.724. The van der Waals surface area contributed by atoms with Crippen molar-refractivity contribution in [1.29, 1.82) is 0 Å². The van der Waals surface area contributed by atoms with Crippen LogP contribution in [0.2, 0.25) is 0 Å². The molecule has 0 N–H and O–H groups in total. The summed E-state index contributed by atoms with van der Waals surface area (Å²) in [5.74, 6) is 1.05. The summed E-state index contributed by atoms with van der Waals surface area (Å²) in [6, 6.07) is 7.14. The molecule has 0 aliphatic carbocycles. The second kappa shape index (κ2) is 4.81. The van der Waals surface area contributed by atoms with Gasteiger partial charge in [-0.25, -0.2) is 0 Å². The van der Waals surface area contributed by atoms with Gasteiger partial charge in [0.2, 0.25) is 0 Å². The summed E-state index contributed by atoms with van der Waals surface area (Å²) < 4.78 is 5.46. The smallest absolute Gasteiger partial charge is 0.124 e. The van der Waals surface area contributed by atoms with Crippen molar-refractivity contribution in [3.8, 4) is 5.75 Å². The van der Waals surface area contributed by atoms with E-state index in [1.54, 1.807) is 7.11 Å². The van der Waals surface area contributed by atoms with E-state index in [9.17, 15) is 0 Å². The van der Waals surface area contributed by atoms with Crippen LogP contribution in [-0.2, 0) is 6.42 Å². The molecule has 18 heavy (non-hydrogen) atoms. The molecule has 2 aliphatic rings. The maximum atomic E-state index is 5.46. The predicted octanol–water partition coefficient (Wildman–Crippen LogP) is 2.15. The van der Waals surface area contributed by atoms with Crippen molar-refractivity contribution in [2.24, 2.45) is 0 Å². The van der Waals surface area contributed by atoms with E-state index in [1.807, 2.05) is 0 Å². The van der Waals surface area contributed by atoms with E-state index in [4.69, 9.17) is 4.74 Å². The molecule has 3 nitrogen and oxygen atoms in total. The number of likely N-dealkylation sites (N-methyl/N-ethyl adjacent to an activating group) is 1. The molecular formula is C15H22N2O. The molecule has 1 aromatic rings. The lowest BCUT2D eigenvalue weighted by Gasteiger charge is -2.27. The zero-order chi connectivity index (χ0) is 12.5. The normalized spacial score (nSPS) is 23.4.